The molecule has 2 aliphatic heterocycles. The van der Waals surface area contributed by atoms with Gasteiger partial charge < -0.3 is 9.64 Å². The molecule has 3 aliphatic rings. The molecule has 3 fully saturated rings. The van der Waals surface area contributed by atoms with Crippen molar-refractivity contribution in [1.82, 2.24) is 9.80 Å². The van der Waals surface area contributed by atoms with Gasteiger partial charge in [-0.2, -0.15) is 0 Å². The first-order valence-electron chi connectivity index (χ1n) is 10.6. The Morgan fingerprint density at radius 1 is 0.963 bits per heavy atom. The van der Waals surface area contributed by atoms with Gasteiger partial charge in [0.15, 0.2) is 0 Å². The second-order valence-electron chi connectivity index (χ2n) is 8.32. The molecule has 2 heterocycles. The summed E-state index contributed by atoms with van der Waals surface area (Å²) in [5.74, 6) is 0.293. The number of nitrogens with zero attached hydrogens (tertiary/aromatic N) is 2. The summed E-state index contributed by atoms with van der Waals surface area (Å²) in [5, 5.41) is 0.718. The van der Waals surface area contributed by atoms with Crippen LogP contribution in [0.4, 0.5) is 0 Å². The third-order valence-corrected chi connectivity index (χ3v) is 7.06. The summed E-state index contributed by atoms with van der Waals surface area (Å²) in [7, 11) is 0. The van der Waals surface area contributed by atoms with Gasteiger partial charge in [0.1, 0.15) is 0 Å². The molecule has 4 rings (SSSR count). The van der Waals surface area contributed by atoms with Crippen molar-refractivity contribution in [3.63, 3.8) is 0 Å². The Labute approximate surface area is 167 Å². The van der Waals surface area contributed by atoms with Crippen molar-refractivity contribution in [2.75, 3.05) is 39.4 Å². The summed E-state index contributed by atoms with van der Waals surface area (Å²) in [5.41, 5.74) is 0.642. The maximum absolute atomic E-state index is 13.8. The van der Waals surface area contributed by atoms with Crippen molar-refractivity contribution in [3.8, 4) is 0 Å². The van der Waals surface area contributed by atoms with Crippen LogP contribution in [-0.4, -0.2) is 61.1 Å². The predicted octanol–water partition coefficient (Wildman–Crippen LogP) is 3.87. The topological polar surface area (TPSA) is 32.8 Å². The minimum absolute atomic E-state index is 0.293. The van der Waals surface area contributed by atoms with E-state index in [-0.39, 0.29) is 0 Å². The van der Waals surface area contributed by atoms with E-state index in [0.29, 0.717) is 19.1 Å². The number of hydrogen-bond acceptors (Lipinski definition) is 3. The van der Waals surface area contributed by atoms with Crippen LogP contribution in [0.2, 0.25) is 5.02 Å². The van der Waals surface area contributed by atoms with E-state index in [1.807, 2.05) is 24.3 Å². The van der Waals surface area contributed by atoms with Crippen LogP contribution in [0.3, 0.4) is 0 Å². The number of benzene rings is 1. The first kappa shape index (κ1) is 19.2. The highest BCUT2D eigenvalue weighted by Gasteiger charge is 2.44. The molecular weight excluding hydrogens is 360 g/mol. The Morgan fingerprint density at radius 2 is 1.67 bits per heavy atom. The van der Waals surface area contributed by atoms with Crippen LogP contribution < -0.4 is 0 Å². The number of hydrogen-bond donors (Lipinski definition) is 0. The van der Waals surface area contributed by atoms with Gasteiger partial charge in [-0.1, -0.05) is 36.6 Å². The number of rotatable bonds is 3. The van der Waals surface area contributed by atoms with Gasteiger partial charge in [0, 0.05) is 50.5 Å². The van der Waals surface area contributed by atoms with Crippen molar-refractivity contribution in [2.24, 2.45) is 0 Å². The zero-order chi connectivity index (χ0) is 18.7. The molecular formula is C22H31ClN2O2. The lowest BCUT2D eigenvalue weighted by atomic mass is 9.73. The highest BCUT2D eigenvalue weighted by molar-refractivity contribution is 6.30. The van der Waals surface area contributed by atoms with Crippen LogP contribution >= 0.6 is 11.6 Å². The minimum atomic E-state index is -0.453. The summed E-state index contributed by atoms with van der Waals surface area (Å²) in [6, 6.07) is 8.63. The molecule has 1 aliphatic carbocycles. The standard InChI is InChI=1S/C22H31ClN2O2/c23-19-8-6-18(7-9-19)22(10-16-27-17-11-22)21(26)25-13-3-12-24(14-15-25)20-4-1-2-5-20/h6-9,20H,1-5,10-17H2. The second kappa shape index (κ2) is 8.50. The molecule has 1 aromatic carbocycles. The van der Waals surface area contributed by atoms with E-state index in [1.165, 1.54) is 25.7 Å². The zero-order valence-electron chi connectivity index (χ0n) is 16.2. The molecule has 0 N–H and O–H groups in total. The summed E-state index contributed by atoms with van der Waals surface area (Å²) < 4.78 is 5.61. The summed E-state index contributed by atoms with van der Waals surface area (Å²) in [6.07, 6.45) is 8.00. The third-order valence-electron chi connectivity index (χ3n) is 6.81. The number of carbonyl (C=O) groups excluding carboxylic acids is 1. The summed E-state index contributed by atoms with van der Waals surface area (Å²) >= 11 is 6.10. The molecule has 1 amide bonds. The molecule has 27 heavy (non-hydrogen) atoms. The van der Waals surface area contributed by atoms with Crippen molar-refractivity contribution >= 4 is 17.5 Å². The molecule has 1 saturated carbocycles. The Bertz CT molecular complexity index is 636. The van der Waals surface area contributed by atoms with Crippen LogP contribution in [-0.2, 0) is 14.9 Å². The van der Waals surface area contributed by atoms with Gasteiger partial charge in [0.2, 0.25) is 5.91 Å². The Hall–Kier alpha value is -1.10. The van der Waals surface area contributed by atoms with E-state index in [4.69, 9.17) is 16.3 Å². The maximum atomic E-state index is 13.8. The second-order valence-corrected chi connectivity index (χ2v) is 8.76. The maximum Gasteiger partial charge on any atom is 0.233 e. The van der Waals surface area contributed by atoms with E-state index < -0.39 is 5.41 Å². The van der Waals surface area contributed by atoms with Crippen LogP contribution in [0.25, 0.3) is 0 Å². The third kappa shape index (κ3) is 4.03. The van der Waals surface area contributed by atoms with Crippen LogP contribution in [0.5, 0.6) is 0 Å². The van der Waals surface area contributed by atoms with Crippen LogP contribution in [0.15, 0.2) is 24.3 Å². The average Bonchev–Trinajstić information content (AvgIpc) is 3.13. The molecule has 0 spiro atoms. The lowest BCUT2D eigenvalue weighted by Gasteiger charge is -2.40. The number of halogens is 1. The molecule has 0 atom stereocenters. The molecule has 0 bridgehead atoms. The molecule has 4 nitrogen and oxygen atoms in total. The largest absolute Gasteiger partial charge is 0.381 e. The van der Waals surface area contributed by atoms with Crippen LogP contribution in [0.1, 0.15) is 50.5 Å². The van der Waals surface area contributed by atoms with Gasteiger partial charge in [-0.15, -0.1) is 0 Å². The normalized spacial score (nSPS) is 24.7. The number of ether oxygens (including phenoxy) is 1. The predicted molar refractivity (Wildman–Crippen MR) is 108 cm³/mol. The first-order chi connectivity index (χ1) is 13.2. The SMILES string of the molecule is O=C(N1CCCN(C2CCCC2)CC1)C1(c2ccc(Cl)cc2)CCOCC1. The fourth-order valence-electron chi connectivity index (χ4n) is 5.19. The molecule has 1 aromatic rings. The van der Waals surface area contributed by atoms with E-state index in [2.05, 4.69) is 9.80 Å². The van der Waals surface area contributed by atoms with Gasteiger partial charge in [-0.25, -0.2) is 0 Å². The van der Waals surface area contributed by atoms with E-state index in [1.54, 1.807) is 0 Å². The smallest absolute Gasteiger partial charge is 0.233 e. The molecule has 0 aromatic heterocycles. The van der Waals surface area contributed by atoms with Crippen LogP contribution in [0, 0.1) is 0 Å². The Kier molecular flexibility index (Phi) is 6.05. The molecule has 5 heteroatoms. The summed E-state index contributed by atoms with van der Waals surface area (Å²) in [4.78, 5) is 18.5. The zero-order valence-corrected chi connectivity index (χ0v) is 16.9. The lowest BCUT2D eigenvalue weighted by molar-refractivity contribution is -0.141. The van der Waals surface area contributed by atoms with Crippen molar-refractivity contribution < 1.29 is 9.53 Å². The minimum Gasteiger partial charge on any atom is -0.381 e. The van der Waals surface area contributed by atoms with Crippen molar-refractivity contribution in [2.45, 2.75) is 56.4 Å². The Balaban J connectivity index is 1.52. The number of carbonyl (C=O) groups is 1. The molecule has 2 saturated heterocycles. The fourth-order valence-corrected chi connectivity index (χ4v) is 5.32. The first-order valence-corrected chi connectivity index (χ1v) is 10.9. The van der Waals surface area contributed by atoms with Gasteiger partial charge >= 0.3 is 0 Å². The van der Waals surface area contributed by atoms with Gasteiger partial charge in [0.05, 0.1) is 5.41 Å². The highest BCUT2D eigenvalue weighted by atomic mass is 35.5. The summed E-state index contributed by atoms with van der Waals surface area (Å²) in [6.45, 7) is 5.17. The Morgan fingerprint density at radius 3 is 2.37 bits per heavy atom. The fraction of sp³-hybridized carbons (Fsp3) is 0.682. The van der Waals surface area contributed by atoms with Crippen molar-refractivity contribution in [3.05, 3.63) is 34.9 Å². The molecule has 148 valence electrons. The van der Waals surface area contributed by atoms with E-state index in [9.17, 15) is 4.79 Å². The van der Waals surface area contributed by atoms with E-state index in [0.717, 1.165) is 62.1 Å². The molecule has 0 radical (unpaired) electrons. The monoisotopic (exact) mass is 390 g/mol. The highest BCUT2D eigenvalue weighted by Crippen LogP contribution is 2.37. The number of amides is 1. The average molecular weight is 391 g/mol. The molecule has 0 unspecified atom stereocenters. The van der Waals surface area contributed by atoms with Crippen molar-refractivity contribution in [1.29, 1.82) is 0 Å². The van der Waals surface area contributed by atoms with Gasteiger partial charge in [-0.3, -0.25) is 9.69 Å². The lowest BCUT2D eigenvalue weighted by Crippen LogP contribution is -2.51. The van der Waals surface area contributed by atoms with E-state index >= 15 is 0 Å². The van der Waals surface area contributed by atoms with Gasteiger partial charge in [0.25, 0.3) is 0 Å². The quantitative estimate of drug-likeness (QED) is 0.785. The van der Waals surface area contributed by atoms with Gasteiger partial charge in [-0.05, 0) is 49.8 Å².